The van der Waals surface area contributed by atoms with Gasteiger partial charge in [-0.15, -0.1) is 0 Å². The minimum atomic E-state index is -0.601. The van der Waals surface area contributed by atoms with Gasteiger partial charge in [0.1, 0.15) is 5.02 Å². The van der Waals surface area contributed by atoms with Crippen molar-refractivity contribution >= 4 is 29.2 Å². The van der Waals surface area contributed by atoms with Crippen molar-refractivity contribution in [3.63, 3.8) is 0 Å². The third kappa shape index (κ3) is 2.69. The fourth-order valence-electron chi connectivity index (χ4n) is 1.62. The lowest BCUT2D eigenvalue weighted by Crippen LogP contribution is -2.23. The lowest BCUT2D eigenvalue weighted by Gasteiger charge is -2.10. The molecule has 0 unspecified atom stereocenters. The van der Waals surface area contributed by atoms with Crippen molar-refractivity contribution in [2.24, 2.45) is 0 Å². The minimum Gasteiger partial charge on any atom is -0.462 e. The van der Waals surface area contributed by atoms with Gasteiger partial charge in [-0.2, -0.15) is 9.78 Å². The molecule has 0 spiro atoms. The Labute approximate surface area is 124 Å². The largest absolute Gasteiger partial charge is 0.462 e. The van der Waals surface area contributed by atoms with Crippen LogP contribution in [0.15, 0.2) is 35.3 Å². The van der Waals surface area contributed by atoms with Gasteiger partial charge in [-0.3, -0.25) is 4.79 Å². The molecule has 0 bridgehead atoms. The van der Waals surface area contributed by atoms with E-state index in [0.29, 0.717) is 0 Å². The molecule has 104 valence electrons. The van der Waals surface area contributed by atoms with E-state index in [-0.39, 0.29) is 27.9 Å². The average Bonchev–Trinajstić information content (AvgIpc) is 2.45. The van der Waals surface area contributed by atoms with Gasteiger partial charge < -0.3 is 4.74 Å². The van der Waals surface area contributed by atoms with E-state index in [1.165, 1.54) is 6.20 Å². The van der Waals surface area contributed by atoms with Gasteiger partial charge in [-0.1, -0.05) is 35.3 Å². The van der Waals surface area contributed by atoms with Crippen LogP contribution in [0.3, 0.4) is 0 Å². The number of benzene rings is 1. The van der Waals surface area contributed by atoms with Crippen molar-refractivity contribution in [3.05, 3.63) is 56.4 Å². The molecule has 0 saturated heterocycles. The molecule has 1 heterocycles. The normalized spacial score (nSPS) is 10.3. The van der Waals surface area contributed by atoms with Gasteiger partial charge >= 0.3 is 5.97 Å². The number of ether oxygens (including phenoxy) is 1. The topological polar surface area (TPSA) is 61.2 Å². The monoisotopic (exact) mass is 312 g/mol. The Bertz CT molecular complexity index is 713. The standard InChI is InChI=1S/C13H10Cl2N2O3/c1-2-20-13(19)8-5-3-4-6-10(8)17-12(18)11(15)9(14)7-16-17/h3-7H,2H2,1H3. The van der Waals surface area contributed by atoms with Crippen molar-refractivity contribution in [1.29, 1.82) is 0 Å². The molecule has 2 aromatic rings. The molecular formula is C13H10Cl2N2O3. The zero-order valence-electron chi connectivity index (χ0n) is 10.5. The molecule has 0 aliphatic heterocycles. The van der Waals surface area contributed by atoms with Gasteiger partial charge in [0.15, 0.2) is 0 Å². The zero-order valence-corrected chi connectivity index (χ0v) is 12.0. The molecule has 20 heavy (non-hydrogen) atoms. The quantitative estimate of drug-likeness (QED) is 0.818. The SMILES string of the molecule is CCOC(=O)c1ccccc1-n1ncc(Cl)c(Cl)c1=O. The number of nitrogens with zero attached hydrogens (tertiary/aromatic N) is 2. The molecule has 0 amide bonds. The van der Waals surface area contributed by atoms with Crippen molar-refractivity contribution < 1.29 is 9.53 Å². The molecule has 0 saturated carbocycles. The summed E-state index contributed by atoms with van der Waals surface area (Å²) in [6.45, 7) is 1.93. The molecule has 2 rings (SSSR count). The van der Waals surface area contributed by atoms with Gasteiger partial charge in [0.05, 0.1) is 29.1 Å². The highest BCUT2D eigenvalue weighted by Gasteiger charge is 2.16. The van der Waals surface area contributed by atoms with Crippen molar-refractivity contribution in [2.45, 2.75) is 6.92 Å². The van der Waals surface area contributed by atoms with Gasteiger partial charge in [0.25, 0.3) is 5.56 Å². The van der Waals surface area contributed by atoms with E-state index < -0.39 is 11.5 Å². The first kappa shape index (κ1) is 14.6. The van der Waals surface area contributed by atoms with Crippen LogP contribution in [0.5, 0.6) is 0 Å². The third-order valence-electron chi connectivity index (χ3n) is 2.50. The molecule has 1 aromatic carbocycles. The Kier molecular flexibility index (Phi) is 4.42. The summed E-state index contributed by atoms with van der Waals surface area (Å²) < 4.78 is 5.96. The summed E-state index contributed by atoms with van der Waals surface area (Å²) in [5, 5.41) is 3.80. The highest BCUT2D eigenvalue weighted by Crippen LogP contribution is 2.18. The van der Waals surface area contributed by atoms with E-state index in [1.54, 1.807) is 31.2 Å². The van der Waals surface area contributed by atoms with Crippen LogP contribution in [0.2, 0.25) is 10.0 Å². The maximum atomic E-state index is 12.1. The molecule has 0 radical (unpaired) electrons. The number of aromatic nitrogens is 2. The van der Waals surface area contributed by atoms with Crippen molar-refractivity contribution in [3.8, 4) is 5.69 Å². The van der Waals surface area contributed by atoms with E-state index in [1.807, 2.05) is 0 Å². The summed E-state index contributed by atoms with van der Waals surface area (Å²) in [7, 11) is 0. The fourth-order valence-corrected chi connectivity index (χ4v) is 1.88. The van der Waals surface area contributed by atoms with Crippen LogP contribution >= 0.6 is 23.2 Å². The summed E-state index contributed by atoms with van der Waals surface area (Å²) in [6, 6.07) is 6.46. The summed E-state index contributed by atoms with van der Waals surface area (Å²) in [5.74, 6) is -0.539. The number of hydrogen-bond donors (Lipinski definition) is 0. The van der Waals surface area contributed by atoms with Crippen LogP contribution in [0.1, 0.15) is 17.3 Å². The number of halogens is 2. The number of para-hydroxylation sites is 1. The maximum Gasteiger partial charge on any atom is 0.340 e. The summed E-state index contributed by atoms with van der Waals surface area (Å²) in [4.78, 5) is 23.9. The van der Waals surface area contributed by atoms with E-state index in [9.17, 15) is 9.59 Å². The number of carbonyl (C=O) groups excluding carboxylic acids is 1. The number of rotatable bonds is 3. The first-order valence-electron chi connectivity index (χ1n) is 5.76. The number of hydrogen-bond acceptors (Lipinski definition) is 4. The lowest BCUT2D eigenvalue weighted by molar-refractivity contribution is 0.0526. The highest BCUT2D eigenvalue weighted by molar-refractivity contribution is 6.41. The molecule has 0 aliphatic rings. The Morgan fingerprint density at radius 2 is 2.05 bits per heavy atom. The third-order valence-corrected chi connectivity index (χ3v) is 3.25. The van der Waals surface area contributed by atoms with Crippen LogP contribution in [0.4, 0.5) is 0 Å². The van der Waals surface area contributed by atoms with Crippen LogP contribution in [-0.4, -0.2) is 22.4 Å². The van der Waals surface area contributed by atoms with Crippen LogP contribution < -0.4 is 5.56 Å². The second-order valence-corrected chi connectivity index (χ2v) is 4.55. The van der Waals surface area contributed by atoms with Crippen LogP contribution in [0, 0.1) is 0 Å². The molecule has 0 N–H and O–H groups in total. The van der Waals surface area contributed by atoms with E-state index in [0.717, 1.165) is 4.68 Å². The van der Waals surface area contributed by atoms with Gasteiger partial charge in [-0.05, 0) is 19.1 Å². The van der Waals surface area contributed by atoms with E-state index in [2.05, 4.69) is 5.10 Å². The van der Waals surface area contributed by atoms with Crippen molar-refractivity contribution in [1.82, 2.24) is 9.78 Å². The summed E-state index contributed by atoms with van der Waals surface area (Å²) in [6.07, 6.45) is 1.24. The molecule has 0 aliphatic carbocycles. The predicted octanol–water partition coefficient (Wildman–Crippen LogP) is 2.72. The maximum absolute atomic E-state index is 12.1. The molecule has 5 nitrogen and oxygen atoms in total. The number of esters is 1. The Balaban J connectivity index is 2.62. The highest BCUT2D eigenvalue weighted by atomic mass is 35.5. The van der Waals surface area contributed by atoms with E-state index in [4.69, 9.17) is 27.9 Å². The average molecular weight is 313 g/mol. The second-order valence-electron chi connectivity index (χ2n) is 3.76. The van der Waals surface area contributed by atoms with Gasteiger partial charge in [0, 0.05) is 0 Å². The fraction of sp³-hybridized carbons (Fsp3) is 0.154. The first-order valence-corrected chi connectivity index (χ1v) is 6.51. The first-order chi connectivity index (χ1) is 9.56. The van der Waals surface area contributed by atoms with Crippen molar-refractivity contribution in [2.75, 3.05) is 6.61 Å². The Morgan fingerprint density at radius 3 is 2.75 bits per heavy atom. The molecular weight excluding hydrogens is 303 g/mol. The smallest absolute Gasteiger partial charge is 0.340 e. The lowest BCUT2D eigenvalue weighted by atomic mass is 10.2. The zero-order chi connectivity index (χ0) is 14.7. The summed E-state index contributed by atoms with van der Waals surface area (Å²) >= 11 is 11.5. The van der Waals surface area contributed by atoms with Crippen LogP contribution in [-0.2, 0) is 4.74 Å². The van der Waals surface area contributed by atoms with Gasteiger partial charge in [-0.25, -0.2) is 4.79 Å². The Hall–Kier alpha value is -1.85. The Morgan fingerprint density at radius 1 is 1.35 bits per heavy atom. The molecule has 0 atom stereocenters. The second kappa shape index (κ2) is 6.07. The van der Waals surface area contributed by atoms with Gasteiger partial charge in [0.2, 0.25) is 0 Å². The molecule has 7 heteroatoms. The molecule has 1 aromatic heterocycles. The van der Waals surface area contributed by atoms with Crippen LogP contribution in [0.25, 0.3) is 5.69 Å². The summed E-state index contributed by atoms with van der Waals surface area (Å²) in [5.41, 5.74) is -0.0900. The minimum absolute atomic E-state index is 0.0570. The number of carbonyl (C=O) groups is 1. The molecule has 0 fully saturated rings. The predicted molar refractivity (Wildman–Crippen MR) is 75.8 cm³/mol. The van der Waals surface area contributed by atoms with E-state index >= 15 is 0 Å².